The van der Waals surface area contributed by atoms with Gasteiger partial charge in [0.15, 0.2) is 0 Å². The van der Waals surface area contributed by atoms with E-state index in [1.807, 2.05) is 52.0 Å². The minimum Gasteiger partial charge on any atom is -0.344 e. The van der Waals surface area contributed by atoms with Gasteiger partial charge in [0.2, 0.25) is 10.0 Å². The predicted octanol–water partition coefficient (Wildman–Crippen LogP) is 2.68. The van der Waals surface area contributed by atoms with Gasteiger partial charge in [0.1, 0.15) is 10.7 Å². The molecule has 138 valence electrons. The van der Waals surface area contributed by atoms with Gasteiger partial charge in [-0.25, -0.2) is 22.8 Å². The summed E-state index contributed by atoms with van der Waals surface area (Å²) >= 11 is 0. The second kappa shape index (κ2) is 6.69. The zero-order valence-electron chi connectivity index (χ0n) is 15.3. The highest BCUT2D eigenvalue weighted by Gasteiger charge is 2.20. The molecule has 3 aromatic rings. The van der Waals surface area contributed by atoms with Crippen LogP contribution in [0.4, 0.5) is 0 Å². The van der Waals surface area contributed by atoms with Gasteiger partial charge in [-0.2, -0.15) is 5.10 Å². The Morgan fingerprint density at radius 2 is 1.92 bits per heavy atom. The molecule has 0 bridgehead atoms. The molecule has 3 rings (SSSR count). The standard InChI is InChI=1S/C18H23N5O2S/c1-13-7-5-6-8-16(13)23-12-15(11-20-23)26(24,25)21-10-14-9-19-17(22-14)18(2,3)4/h5-9,11-12,21H,10H2,1-4H3,(H,19,22). The number of hydrogen-bond donors (Lipinski definition) is 2. The number of aromatic nitrogens is 4. The van der Waals surface area contributed by atoms with Gasteiger partial charge in [-0.1, -0.05) is 39.0 Å². The number of aryl methyl sites for hydroxylation is 1. The van der Waals surface area contributed by atoms with Crippen molar-refractivity contribution in [1.82, 2.24) is 24.5 Å². The number of imidazole rings is 1. The zero-order valence-corrected chi connectivity index (χ0v) is 16.1. The molecule has 7 nitrogen and oxygen atoms in total. The van der Waals surface area contributed by atoms with E-state index in [1.54, 1.807) is 10.9 Å². The summed E-state index contributed by atoms with van der Waals surface area (Å²) in [5, 5.41) is 4.18. The lowest BCUT2D eigenvalue weighted by Crippen LogP contribution is -2.23. The fourth-order valence-corrected chi connectivity index (χ4v) is 3.42. The summed E-state index contributed by atoms with van der Waals surface area (Å²) in [5.74, 6) is 0.819. The molecule has 26 heavy (non-hydrogen) atoms. The monoisotopic (exact) mass is 373 g/mol. The molecule has 8 heteroatoms. The van der Waals surface area contributed by atoms with Gasteiger partial charge < -0.3 is 4.98 Å². The highest BCUT2D eigenvalue weighted by atomic mass is 32.2. The fourth-order valence-electron chi connectivity index (χ4n) is 2.48. The van der Waals surface area contributed by atoms with Crippen molar-refractivity contribution >= 4 is 10.0 Å². The van der Waals surface area contributed by atoms with E-state index < -0.39 is 10.0 Å². The number of hydrogen-bond acceptors (Lipinski definition) is 4. The van der Waals surface area contributed by atoms with Crippen LogP contribution in [0.3, 0.4) is 0 Å². The molecule has 2 N–H and O–H groups in total. The number of benzene rings is 1. The Morgan fingerprint density at radius 3 is 2.58 bits per heavy atom. The van der Waals surface area contributed by atoms with Crippen LogP contribution in [-0.2, 0) is 22.0 Å². The Morgan fingerprint density at radius 1 is 1.19 bits per heavy atom. The van der Waals surface area contributed by atoms with Gasteiger partial charge in [0.05, 0.1) is 24.6 Å². The summed E-state index contributed by atoms with van der Waals surface area (Å²) in [6.45, 7) is 8.22. The molecule has 0 amide bonds. The number of nitrogens with one attached hydrogen (secondary N) is 2. The van der Waals surface area contributed by atoms with Crippen molar-refractivity contribution in [2.24, 2.45) is 0 Å². The highest BCUT2D eigenvalue weighted by Crippen LogP contribution is 2.19. The lowest BCUT2D eigenvalue weighted by Gasteiger charge is -2.14. The summed E-state index contributed by atoms with van der Waals surface area (Å²) in [7, 11) is -3.67. The maximum absolute atomic E-state index is 12.5. The van der Waals surface area contributed by atoms with E-state index in [-0.39, 0.29) is 16.9 Å². The molecule has 2 heterocycles. The van der Waals surface area contributed by atoms with Crippen molar-refractivity contribution in [3.05, 3.63) is 59.9 Å². The molecule has 0 saturated carbocycles. The van der Waals surface area contributed by atoms with Crippen molar-refractivity contribution < 1.29 is 8.42 Å². The second-order valence-corrected chi connectivity index (χ2v) is 9.01. The van der Waals surface area contributed by atoms with Gasteiger partial charge >= 0.3 is 0 Å². The number of sulfonamides is 1. The maximum atomic E-state index is 12.5. The first-order valence-electron chi connectivity index (χ1n) is 8.31. The number of rotatable bonds is 5. The third kappa shape index (κ3) is 3.86. The van der Waals surface area contributed by atoms with Crippen LogP contribution in [0.2, 0.25) is 0 Å². The van der Waals surface area contributed by atoms with E-state index in [0.29, 0.717) is 5.69 Å². The Hall–Kier alpha value is -2.45. The lowest BCUT2D eigenvalue weighted by atomic mass is 9.96. The van der Waals surface area contributed by atoms with Crippen molar-refractivity contribution in [3.63, 3.8) is 0 Å². The molecule has 0 fully saturated rings. The van der Waals surface area contributed by atoms with Crippen LogP contribution >= 0.6 is 0 Å². The molecular formula is C18H23N5O2S. The molecule has 0 aliphatic rings. The van der Waals surface area contributed by atoms with Gasteiger partial charge in [-0.3, -0.25) is 0 Å². The lowest BCUT2D eigenvalue weighted by molar-refractivity contribution is 0.550. The molecular weight excluding hydrogens is 350 g/mol. The van der Waals surface area contributed by atoms with Crippen LogP contribution in [-0.4, -0.2) is 28.2 Å². The summed E-state index contributed by atoms with van der Waals surface area (Å²) in [5.41, 5.74) is 2.45. The average Bonchev–Trinajstić information content (AvgIpc) is 3.23. The molecule has 2 aromatic heterocycles. The van der Waals surface area contributed by atoms with Crippen molar-refractivity contribution in [2.45, 2.75) is 44.6 Å². The second-order valence-electron chi connectivity index (χ2n) is 7.24. The number of H-pyrrole nitrogens is 1. The third-order valence-electron chi connectivity index (χ3n) is 4.02. The SMILES string of the molecule is Cc1ccccc1-n1cc(S(=O)(=O)NCc2cnc(C(C)(C)C)[nH]2)cn1. The fraction of sp³-hybridized carbons (Fsp3) is 0.333. The van der Waals surface area contributed by atoms with Crippen LogP contribution < -0.4 is 4.72 Å². The minimum absolute atomic E-state index is 0.119. The third-order valence-corrected chi connectivity index (χ3v) is 5.38. The van der Waals surface area contributed by atoms with E-state index in [0.717, 1.165) is 17.1 Å². The smallest absolute Gasteiger partial charge is 0.244 e. The number of para-hydroxylation sites is 1. The molecule has 0 saturated heterocycles. The molecule has 0 radical (unpaired) electrons. The van der Waals surface area contributed by atoms with Crippen molar-refractivity contribution in [2.75, 3.05) is 0 Å². The van der Waals surface area contributed by atoms with Crippen LogP contribution in [0.15, 0.2) is 47.8 Å². The van der Waals surface area contributed by atoms with Crippen LogP contribution in [0.5, 0.6) is 0 Å². The minimum atomic E-state index is -3.67. The van der Waals surface area contributed by atoms with Crippen LogP contribution in [0.1, 0.15) is 37.9 Å². The first kappa shape index (κ1) is 18.3. The van der Waals surface area contributed by atoms with Crippen molar-refractivity contribution in [3.8, 4) is 5.69 Å². The summed E-state index contributed by atoms with van der Waals surface area (Å²) in [4.78, 5) is 7.59. The Bertz CT molecular complexity index is 1010. The van der Waals surface area contributed by atoms with Gasteiger partial charge in [0, 0.05) is 17.3 Å². The Kier molecular flexibility index (Phi) is 4.72. The first-order chi connectivity index (χ1) is 12.2. The summed E-state index contributed by atoms with van der Waals surface area (Å²) in [6.07, 6.45) is 4.51. The van der Waals surface area contributed by atoms with Gasteiger partial charge in [0.25, 0.3) is 0 Å². The molecule has 0 aliphatic heterocycles. The van der Waals surface area contributed by atoms with Crippen LogP contribution in [0.25, 0.3) is 5.69 Å². The molecule has 1 aromatic carbocycles. The Labute approximate surface area is 153 Å². The quantitative estimate of drug-likeness (QED) is 0.719. The molecule has 0 atom stereocenters. The summed E-state index contributed by atoms with van der Waals surface area (Å²) in [6, 6.07) is 7.67. The van der Waals surface area contributed by atoms with Gasteiger partial charge in [-0.05, 0) is 18.6 Å². The largest absolute Gasteiger partial charge is 0.344 e. The van der Waals surface area contributed by atoms with E-state index in [9.17, 15) is 8.42 Å². The topological polar surface area (TPSA) is 92.7 Å². The zero-order chi connectivity index (χ0) is 18.9. The first-order valence-corrected chi connectivity index (χ1v) is 9.80. The maximum Gasteiger partial charge on any atom is 0.244 e. The number of aromatic amines is 1. The molecule has 0 aliphatic carbocycles. The Balaban J connectivity index is 1.75. The summed E-state index contributed by atoms with van der Waals surface area (Å²) < 4.78 is 29.2. The van der Waals surface area contributed by atoms with E-state index >= 15 is 0 Å². The number of nitrogens with zero attached hydrogens (tertiary/aromatic N) is 3. The van der Waals surface area contributed by atoms with E-state index in [1.165, 1.54) is 12.4 Å². The normalized spacial score (nSPS) is 12.5. The predicted molar refractivity (Wildman–Crippen MR) is 99.6 cm³/mol. The van der Waals surface area contributed by atoms with Crippen LogP contribution in [0, 0.1) is 6.92 Å². The molecule has 0 unspecified atom stereocenters. The van der Waals surface area contributed by atoms with E-state index in [4.69, 9.17) is 0 Å². The van der Waals surface area contributed by atoms with E-state index in [2.05, 4.69) is 19.8 Å². The van der Waals surface area contributed by atoms with Gasteiger partial charge in [-0.15, -0.1) is 0 Å². The molecule has 0 spiro atoms. The van der Waals surface area contributed by atoms with Crippen molar-refractivity contribution in [1.29, 1.82) is 0 Å². The highest BCUT2D eigenvalue weighted by molar-refractivity contribution is 7.89. The average molecular weight is 373 g/mol.